The Balaban J connectivity index is 1.50. The fourth-order valence-corrected chi connectivity index (χ4v) is 3.49. The average molecular weight is 474 g/mol. The molecule has 1 fully saturated rings. The van der Waals surface area contributed by atoms with E-state index in [1.165, 1.54) is 0 Å². The van der Waals surface area contributed by atoms with Gasteiger partial charge in [-0.25, -0.2) is 0 Å². The fraction of sp³-hybridized carbons (Fsp3) is 0.318. The Morgan fingerprint density at radius 2 is 1.93 bits per heavy atom. The maximum atomic E-state index is 12.5. The molecule has 1 unspecified atom stereocenters. The van der Waals surface area contributed by atoms with Gasteiger partial charge in [0.1, 0.15) is 5.75 Å². The zero-order chi connectivity index (χ0) is 21.7. The molecule has 0 bridgehead atoms. The number of halogens is 1. The minimum Gasteiger partial charge on any atom is -0.494 e. The number of hydrogen-bond donors (Lipinski definition) is 2. The van der Waals surface area contributed by atoms with Crippen molar-refractivity contribution >= 4 is 45.0 Å². The van der Waals surface area contributed by atoms with Gasteiger partial charge in [0, 0.05) is 28.8 Å². The van der Waals surface area contributed by atoms with Crippen LogP contribution in [0.3, 0.4) is 0 Å². The Kier molecular flexibility index (Phi) is 7.10. The Morgan fingerprint density at radius 1 is 1.20 bits per heavy atom. The summed E-state index contributed by atoms with van der Waals surface area (Å²) < 4.78 is 6.32. The number of ether oxygens (including phenoxy) is 1. The minimum atomic E-state index is -0.486. The zero-order valence-corrected chi connectivity index (χ0v) is 18.5. The van der Waals surface area contributed by atoms with E-state index in [1.807, 2.05) is 32.0 Å². The van der Waals surface area contributed by atoms with Gasteiger partial charge in [0.05, 0.1) is 19.1 Å². The first kappa shape index (κ1) is 21.8. The summed E-state index contributed by atoms with van der Waals surface area (Å²) in [5.41, 5.74) is 2.40. The second-order valence-electron chi connectivity index (χ2n) is 7.06. The second-order valence-corrected chi connectivity index (χ2v) is 7.92. The third kappa shape index (κ3) is 5.38. The molecule has 0 aliphatic carbocycles. The van der Waals surface area contributed by atoms with Gasteiger partial charge in [-0.15, -0.1) is 0 Å². The van der Waals surface area contributed by atoms with Crippen LogP contribution < -0.4 is 20.3 Å². The van der Waals surface area contributed by atoms with E-state index in [-0.39, 0.29) is 30.7 Å². The van der Waals surface area contributed by atoms with Crippen LogP contribution >= 0.6 is 15.9 Å². The van der Waals surface area contributed by atoms with E-state index in [0.29, 0.717) is 18.8 Å². The average Bonchev–Trinajstić information content (AvgIpc) is 3.12. The summed E-state index contributed by atoms with van der Waals surface area (Å²) in [6, 6.07) is 12.6. The van der Waals surface area contributed by atoms with Crippen molar-refractivity contribution in [2.75, 3.05) is 29.9 Å². The van der Waals surface area contributed by atoms with Crippen molar-refractivity contribution in [3.8, 4) is 5.75 Å². The first-order valence-corrected chi connectivity index (χ1v) is 10.5. The Morgan fingerprint density at radius 3 is 2.60 bits per heavy atom. The van der Waals surface area contributed by atoms with Crippen LogP contribution in [0.25, 0.3) is 0 Å². The molecule has 8 heteroatoms. The van der Waals surface area contributed by atoms with Crippen LogP contribution in [0, 0.1) is 12.8 Å². The third-order valence-corrected chi connectivity index (χ3v) is 5.71. The largest absolute Gasteiger partial charge is 0.494 e. The molecule has 3 amide bonds. The first-order valence-electron chi connectivity index (χ1n) is 9.74. The summed E-state index contributed by atoms with van der Waals surface area (Å²) in [5, 5.41) is 5.35. The lowest BCUT2D eigenvalue weighted by Gasteiger charge is -2.17. The normalized spacial score (nSPS) is 15.8. The van der Waals surface area contributed by atoms with Gasteiger partial charge in [-0.1, -0.05) is 15.9 Å². The molecule has 3 rings (SSSR count). The number of carbonyl (C=O) groups excluding carboxylic acids is 3. The summed E-state index contributed by atoms with van der Waals surface area (Å²) in [4.78, 5) is 38.6. The number of nitrogens with zero attached hydrogens (tertiary/aromatic N) is 1. The van der Waals surface area contributed by atoms with Crippen molar-refractivity contribution in [2.45, 2.75) is 20.3 Å². The highest BCUT2D eigenvalue weighted by Crippen LogP contribution is 2.28. The second kappa shape index (κ2) is 9.75. The zero-order valence-electron chi connectivity index (χ0n) is 16.9. The number of anilines is 2. The lowest BCUT2D eigenvalue weighted by atomic mass is 10.1. The van der Waals surface area contributed by atoms with E-state index in [2.05, 4.69) is 26.6 Å². The highest BCUT2D eigenvalue weighted by molar-refractivity contribution is 9.10. The van der Waals surface area contributed by atoms with E-state index in [1.54, 1.807) is 29.2 Å². The fourth-order valence-electron chi connectivity index (χ4n) is 3.25. The molecule has 2 aromatic carbocycles. The lowest BCUT2D eigenvalue weighted by molar-refractivity contribution is -0.127. The van der Waals surface area contributed by atoms with Gasteiger partial charge >= 0.3 is 0 Å². The summed E-state index contributed by atoms with van der Waals surface area (Å²) >= 11 is 3.44. The molecule has 1 saturated heterocycles. The molecule has 0 radical (unpaired) electrons. The summed E-state index contributed by atoms with van der Waals surface area (Å²) in [7, 11) is 0. The van der Waals surface area contributed by atoms with Gasteiger partial charge in [-0.3, -0.25) is 14.4 Å². The number of rotatable bonds is 7. The predicted molar refractivity (Wildman–Crippen MR) is 119 cm³/mol. The maximum Gasteiger partial charge on any atom is 0.243 e. The number of benzene rings is 2. The molecule has 7 nitrogen and oxygen atoms in total. The van der Waals surface area contributed by atoms with E-state index in [9.17, 15) is 14.4 Å². The summed E-state index contributed by atoms with van der Waals surface area (Å²) in [6.45, 7) is 4.55. The van der Waals surface area contributed by atoms with Crippen LogP contribution in [-0.4, -0.2) is 37.4 Å². The number of nitrogens with one attached hydrogen (secondary N) is 2. The quantitative estimate of drug-likeness (QED) is 0.645. The topological polar surface area (TPSA) is 87.7 Å². The Labute approximate surface area is 183 Å². The van der Waals surface area contributed by atoms with Gasteiger partial charge in [0.25, 0.3) is 0 Å². The standard InChI is InChI=1S/C22H24BrN3O4/c1-3-30-18-7-4-16(5-8-18)25-20(27)12-24-22(29)15-11-21(28)26(13-15)17-6-9-19(23)14(2)10-17/h4-10,15H,3,11-13H2,1-2H3,(H,24,29)(H,25,27). The summed E-state index contributed by atoms with van der Waals surface area (Å²) in [6.07, 6.45) is 0.126. The van der Waals surface area contributed by atoms with Crippen molar-refractivity contribution in [1.82, 2.24) is 5.32 Å². The molecule has 1 atom stereocenters. The molecule has 1 aliphatic heterocycles. The Bertz CT molecular complexity index is 946. The molecule has 1 heterocycles. The van der Waals surface area contributed by atoms with Crippen molar-refractivity contribution in [3.05, 3.63) is 52.5 Å². The molecule has 0 saturated carbocycles. The molecular weight excluding hydrogens is 450 g/mol. The summed E-state index contributed by atoms with van der Waals surface area (Å²) in [5.74, 6) is -0.505. The third-order valence-electron chi connectivity index (χ3n) is 4.82. The van der Waals surface area contributed by atoms with E-state index >= 15 is 0 Å². The van der Waals surface area contributed by atoms with Crippen LogP contribution in [0.5, 0.6) is 5.75 Å². The van der Waals surface area contributed by atoms with E-state index in [0.717, 1.165) is 21.5 Å². The highest BCUT2D eigenvalue weighted by atomic mass is 79.9. The molecule has 158 valence electrons. The van der Waals surface area contributed by atoms with Gasteiger partial charge in [-0.05, 0) is 61.9 Å². The predicted octanol–water partition coefficient (Wildman–Crippen LogP) is 3.26. The monoisotopic (exact) mass is 473 g/mol. The van der Waals surface area contributed by atoms with Crippen molar-refractivity contribution in [1.29, 1.82) is 0 Å². The first-order chi connectivity index (χ1) is 14.4. The highest BCUT2D eigenvalue weighted by Gasteiger charge is 2.35. The number of carbonyl (C=O) groups is 3. The minimum absolute atomic E-state index is 0.101. The molecular formula is C22H24BrN3O4. The van der Waals surface area contributed by atoms with Crippen molar-refractivity contribution in [3.63, 3.8) is 0 Å². The van der Waals surface area contributed by atoms with Gasteiger partial charge in [0.2, 0.25) is 17.7 Å². The number of amides is 3. The molecule has 30 heavy (non-hydrogen) atoms. The lowest BCUT2D eigenvalue weighted by Crippen LogP contribution is -2.37. The molecule has 1 aliphatic rings. The van der Waals surface area contributed by atoms with Crippen LogP contribution in [0.15, 0.2) is 46.9 Å². The Hall–Kier alpha value is -2.87. The van der Waals surface area contributed by atoms with Crippen LogP contribution in [0.1, 0.15) is 18.9 Å². The van der Waals surface area contributed by atoms with Crippen LogP contribution in [0.2, 0.25) is 0 Å². The van der Waals surface area contributed by atoms with Gasteiger partial charge in [-0.2, -0.15) is 0 Å². The van der Waals surface area contributed by atoms with Gasteiger partial charge < -0.3 is 20.3 Å². The van der Waals surface area contributed by atoms with Crippen LogP contribution in [-0.2, 0) is 14.4 Å². The van der Waals surface area contributed by atoms with E-state index < -0.39 is 5.92 Å². The molecule has 0 aromatic heterocycles. The molecule has 2 N–H and O–H groups in total. The number of aryl methyl sites for hydroxylation is 1. The number of hydrogen-bond acceptors (Lipinski definition) is 4. The van der Waals surface area contributed by atoms with Gasteiger partial charge in [0.15, 0.2) is 0 Å². The smallest absolute Gasteiger partial charge is 0.243 e. The van der Waals surface area contributed by atoms with Crippen molar-refractivity contribution in [2.24, 2.45) is 5.92 Å². The van der Waals surface area contributed by atoms with Crippen LogP contribution in [0.4, 0.5) is 11.4 Å². The molecule has 0 spiro atoms. The van der Waals surface area contributed by atoms with E-state index in [4.69, 9.17) is 4.74 Å². The molecule has 2 aromatic rings. The van der Waals surface area contributed by atoms with Crippen molar-refractivity contribution < 1.29 is 19.1 Å². The maximum absolute atomic E-state index is 12.5. The SMILES string of the molecule is CCOc1ccc(NC(=O)CNC(=O)C2CC(=O)N(c3ccc(Br)c(C)c3)C2)cc1.